The van der Waals surface area contributed by atoms with Crippen LogP contribution in [0.2, 0.25) is 0 Å². The van der Waals surface area contributed by atoms with Gasteiger partial charge in [-0.05, 0) is 18.9 Å². The van der Waals surface area contributed by atoms with Crippen molar-refractivity contribution in [2.45, 2.75) is 18.9 Å². The van der Waals surface area contributed by atoms with Gasteiger partial charge in [0, 0.05) is 13.2 Å². The van der Waals surface area contributed by atoms with E-state index < -0.39 is 11.9 Å². The zero-order valence-corrected chi connectivity index (χ0v) is 8.29. The number of nitrogens with one attached hydrogen (secondary N) is 1. The number of carbonyl (C=O) groups excluding carboxylic acids is 1. The Labute approximate surface area is 86.5 Å². The Morgan fingerprint density at radius 1 is 1.67 bits per heavy atom. The molecule has 5 heteroatoms. The normalized spacial score (nSPS) is 14.8. The molecule has 0 saturated heterocycles. The third-order valence-electron chi connectivity index (χ3n) is 2.14. The van der Waals surface area contributed by atoms with Crippen molar-refractivity contribution >= 4 is 5.91 Å². The highest BCUT2D eigenvalue weighted by atomic mass is 19.1. The van der Waals surface area contributed by atoms with Gasteiger partial charge >= 0.3 is 0 Å². The van der Waals surface area contributed by atoms with Crippen LogP contribution in [0.3, 0.4) is 0 Å². The van der Waals surface area contributed by atoms with Gasteiger partial charge in [-0.25, -0.2) is 4.98 Å². The summed E-state index contributed by atoms with van der Waals surface area (Å²) in [6, 6.07) is 1.51. The fourth-order valence-electron chi connectivity index (χ4n) is 1.21. The maximum atomic E-state index is 13.3. The van der Waals surface area contributed by atoms with Crippen molar-refractivity contribution in [1.82, 2.24) is 10.3 Å². The first kappa shape index (κ1) is 9.89. The van der Waals surface area contributed by atoms with Gasteiger partial charge in [0.25, 0.3) is 5.91 Å². The second kappa shape index (κ2) is 3.84. The van der Waals surface area contributed by atoms with E-state index in [2.05, 4.69) is 10.3 Å². The minimum atomic E-state index is -0.799. The number of ether oxygens (including phenoxy) is 1. The van der Waals surface area contributed by atoms with Crippen LogP contribution in [0.1, 0.15) is 23.2 Å². The number of carbonyl (C=O) groups is 1. The molecule has 0 unspecified atom stereocenters. The topological polar surface area (TPSA) is 51.2 Å². The van der Waals surface area contributed by atoms with Crippen molar-refractivity contribution in [3.63, 3.8) is 0 Å². The number of nitrogens with zero attached hydrogens (tertiary/aromatic N) is 1. The molecule has 1 amide bonds. The molecular formula is C10H11FN2O2. The number of hydrogen-bond donors (Lipinski definition) is 1. The Morgan fingerprint density at radius 3 is 3.00 bits per heavy atom. The van der Waals surface area contributed by atoms with Gasteiger partial charge in [0.05, 0.1) is 6.10 Å². The van der Waals surface area contributed by atoms with Gasteiger partial charge in [-0.3, -0.25) is 4.79 Å². The molecule has 1 aliphatic rings. The summed E-state index contributed by atoms with van der Waals surface area (Å²) in [5, 5.41) is 2.36. The second-order valence-corrected chi connectivity index (χ2v) is 3.37. The van der Waals surface area contributed by atoms with Crippen LogP contribution >= 0.6 is 0 Å². The smallest absolute Gasteiger partial charge is 0.259 e. The van der Waals surface area contributed by atoms with Crippen LogP contribution in [0.4, 0.5) is 4.39 Å². The summed E-state index contributed by atoms with van der Waals surface area (Å²) < 4.78 is 18.7. The molecule has 0 atom stereocenters. The fraction of sp³-hybridized carbons (Fsp3) is 0.400. The second-order valence-electron chi connectivity index (χ2n) is 3.37. The molecule has 0 spiro atoms. The predicted octanol–water partition coefficient (Wildman–Crippen LogP) is 1.12. The lowest BCUT2D eigenvalue weighted by Crippen LogP contribution is -2.21. The Kier molecular flexibility index (Phi) is 2.53. The Balaban J connectivity index is 2.33. The van der Waals surface area contributed by atoms with Gasteiger partial charge < -0.3 is 10.1 Å². The zero-order valence-electron chi connectivity index (χ0n) is 8.29. The molecule has 0 radical (unpaired) electrons. The lowest BCUT2D eigenvalue weighted by atomic mass is 10.2. The van der Waals surface area contributed by atoms with E-state index in [0.29, 0.717) is 0 Å². The third-order valence-corrected chi connectivity index (χ3v) is 2.14. The van der Waals surface area contributed by atoms with E-state index >= 15 is 0 Å². The first-order valence-electron chi connectivity index (χ1n) is 4.75. The van der Waals surface area contributed by atoms with Crippen LogP contribution in [-0.2, 0) is 0 Å². The molecular weight excluding hydrogens is 199 g/mol. The van der Waals surface area contributed by atoms with Gasteiger partial charge in [-0.2, -0.15) is 4.39 Å². The summed E-state index contributed by atoms with van der Waals surface area (Å²) in [5.41, 5.74) is -0.119. The van der Waals surface area contributed by atoms with Gasteiger partial charge in [0.1, 0.15) is 11.3 Å². The van der Waals surface area contributed by atoms with Gasteiger partial charge in [-0.15, -0.1) is 0 Å². The number of aromatic nitrogens is 1. The van der Waals surface area contributed by atoms with E-state index in [1.54, 1.807) is 0 Å². The number of pyridine rings is 1. The molecule has 0 aromatic carbocycles. The maximum Gasteiger partial charge on any atom is 0.259 e. The van der Waals surface area contributed by atoms with E-state index in [0.717, 1.165) is 12.8 Å². The van der Waals surface area contributed by atoms with Crippen molar-refractivity contribution in [3.8, 4) is 5.75 Å². The summed E-state index contributed by atoms with van der Waals surface area (Å²) in [6.45, 7) is 0. The minimum absolute atomic E-state index is 0.119. The maximum absolute atomic E-state index is 13.3. The molecule has 1 aliphatic carbocycles. The first-order chi connectivity index (χ1) is 7.22. The first-order valence-corrected chi connectivity index (χ1v) is 4.75. The summed E-state index contributed by atoms with van der Waals surface area (Å²) in [5.74, 6) is -1.05. The largest absolute Gasteiger partial charge is 0.489 e. The lowest BCUT2D eigenvalue weighted by molar-refractivity contribution is 0.0953. The highest BCUT2D eigenvalue weighted by Gasteiger charge is 2.27. The van der Waals surface area contributed by atoms with Crippen LogP contribution in [-0.4, -0.2) is 24.0 Å². The van der Waals surface area contributed by atoms with Crippen molar-refractivity contribution in [1.29, 1.82) is 0 Å². The van der Waals surface area contributed by atoms with E-state index in [1.807, 2.05) is 0 Å². The fourth-order valence-corrected chi connectivity index (χ4v) is 1.21. The average molecular weight is 210 g/mol. The highest BCUT2D eigenvalue weighted by molar-refractivity contribution is 5.96. The molecule has 1 saturated carbocycles. The van der Waals surface area contributed by atoms with Crippen LogP contribution in [0.15, 0.2) is 12.3 Å². The standard InChI is InChI=1S/C10H11FN2O2/c1-12-10(14)8-7(15-6-2-3-6)4-5-13-9(8)11/h4-6H,2-3H2,1H3,(H,12,14). The summed E-state index contributed by atoms with van der Waals surface area (Å²) in [4.78, 5) is 14.8. The molecule has 15 heavy (non-hydrogen) atoms. The summed E-state index contributed by atoms with van der Waals surface area (Å²) >= 11 is 0. The van der Waals surface area contributed by atoms with Crippen molar-refractivity contribution in [3.05, 3.63) is 23.8 Å². The molecule has 0 bridgehead atoms. The Morgan fingerprint density at radius 2 is 2.40 bits per heavy atom. The Hall–Kier alpha value is -1.65. The third kappa shape index (κ3) is 2.06. The van der Waals surface area contributed by atoms with Gasteiger partial charge in [0.15, 0.2) is 0 Å². The van der Waals surface area contributed by atoms with Crippen molar-refractivity contribution in [2.24, 2.45) is 0 Å². The molecule has 0 aliphatic heterocycles. The number of hydrogen-bond acceptors (Lipinski definition) is 3. The monoisotopic (exact) mass is 210 g/mol. The van der Waals surface area contributed by atoms with E-state index in [1.165, 1.54) is 19.3 Å². The lowest BCUT2D eigenvalue weighted by Gasteiger charge is -2.09. The molecule has 1 fully saturated rings. The van der Waals surface area contributed by atoms with Gasteiger partial charge in [0.2, 0.25) is 5.95 Å². The van der Waals surface area contributed by atoms with E-state index in [-0.39, 0.29) is 17.4 Å². The number of rotatable bonds is 3. The molecule has 2 rings (SSSR count). The summed E-state index contributed by atoms with van der Waals surface area (Å²) in [6.07, 6.45) is 3.32. The predicted molar refractivity (Wildman–Crippen MR) is 51.2 cm³/mol. The molecule has 4 nitrogen and oxygen atoms in total. The summed E-state index contributed by atoms with van der Waals surface area (Å²) in [7, 11) is 1.44. The minimum Gasteiger partial charge on any atom is -0.489 e. The molecule has 1 heterocycles. The van der Waals surface area contributed by atoms with Gasteiger partial charge in [-0.1, -0.05) is 0 Å². The van der Waals surface area contributed by atoms with Crippen LogP contribution in [0.25, 0.3) is 0 Å². The van der Waals surface area contributed by atoms with E-state index in [9.17, 15) is 9.18 Å². The van der Waals surface area contributed by atoms with Crippen LogP contribution in [0, 0.1) is 5.95 Å². The molecule has 1 aromatic rings. The highest BCUT2D eigenvalue weighted by Crippen LogP contribution is 2.29. The molecule has 80 valence electrons. The zero-order chi connectivity index (χ0) is 10.8. The van der Waals surface area contributed by atoms with Crippen molar-refractivity contribution in [2.75, 3.05) is 7.05 Å². The number of halogens is 1. The average Bonchev–Trinajstić information content (AvgIpc) is 3.01. The van der Waals surface area contributed by atoms with Crippen molar-refractivity contribution < 1.29 is 13.9 Å². The molecule has 1 aromatic heterocycles. The van der Waals surface area contributed by atoms with E-state index in [4.69, 9.17) is 4.74 Å². The Bertz CT molecular complexity index is 391. The quantitative estimate of drug-likeness (QED) is 0.760. The molecule has 1 N–H and O–H groups in total. The van der Waals surface area contributed by atoms with Crippen LogP contribution in [0.5, 0.6) is 5.75 Å². The number of amides is 1. The SMILES string of the molecule is CNC(=O)c1c(OC2CC2)ccnc1F. The van der Waals surface area contributed by atoms with Crippen LogP contribution < -0.4 is 10.1 Å².